The van der Waals surface area contributed by atoms with Crippen molar-refractivity contribution in [1.29, 1.82) is 0 Å². The normalized spacial score (nSPS) is 12.7. The van der Waals surface area contributed by atoms with Gasteiger partial charge in [-0.3, -0.25) is 4.40 Å². The molecule has 0 fully saturated rings. The van der Waals surface area contributed by atoms with E-state index in [-0.39, 0.29) is 6.61 Å². The van der Waals surface area contributed by atoms with Crippen molar-refractivity contribution in [2.75, 3.05) is 12.4 Å². The van der Waals surface area contributed by atoms with Gasteiger partial charge < -0.3 is 9.84 Å². The Labute approximate surface area is 160 Å². The van der Waals surface area contributed by atoms with Gasteiger partial charge in [-0.25, -0.2) is 0 Å². The molecule has 1 N–H and O–H groups in total. The fourth-order valence-corrected chi connectivity index (χ4v) is 4.53. The predicted molar refractivity (Wildman–Crippen MR) is 105 cm³/mol. The van der Waals surface area contributed by atoms with E-state index in [0.29, 0.717) is 5.75 Å². The van der Waals surface area contributed by atoms with Crippen LogP contribution in [0.25, 0.3) is 15.2 Å². The SMILES string of the molecule is OC(COc1ccc(Br)cc1)CSc1nnc2sc3ccccc3n12. The Morgan fingerprint density at radius 1 is 1.16 bits per heavy atom. The summed E-state index contributed by atoms with van der Waals surface area (Å²) in [4.78, 5) is 0.865. The minimum atomic E-state index is -0.592. The molecule has 4 rings (SSSR count). The minimum Gasteiger partial charge on any atom is -0.491 e. The number of aliphatic hydroxyl groups is 1. The number of aromatic nitrogens is 3. The van der Waals surface area contributed by atoms with Gasteiger partial charge in [0, 0.05) is 10.2 Å². The molecule has 8 heteroatoms. The summed E-state index contributed by atoms with van der Waals surface area (Å²) in [6, 6.07) is 15.7. The van der Waals surface area contributed by atoms with E-state index in [9.17, 15) is 5.11 Å². The number of halogens is 1. The molecular weight excluding hydrogens is 422 g/mol. The van der Waals surface area contributed by atoms with Crippen LogP contribution in [0.15, 0.2) is 58.2 Å². The largest absolute Gasteiger partial charge is 0.491 e. The van der Waals surface area contributed by atoms with Crippen LogP contribution in [-0.2, 0) is 0 Å². The monoisotopic (exact) mass is 435 g/mol. The van der Waals surface area contributed by atoms with Crippen LogP contribution < -0.4 is 4.74 Å². The van der Waals surface area contributed by atoms with Crippen molar-refractivity contribution in [2.45, 2.75) is 11.3 Å². The maximum Gasteiger partial charge on any atom is 0.217 e. The summed E-state index contributed by atoms with van der Waals surface area (Å²) in [5.74, 6) is 1.22. The maximum absolute atomic E-state index is 10.2. The van der Waals surface area contributed by atoms with Crippen molar-refractivity contribution < 1.29 is 9.84 Å². The number of thiazole rings is 1. The van der Waals surface area contributed by atoms with Gasteiger partial charge in [-0.15, -0.1) is 10.2 Å². The van der Waals surface area contributed by atoms with Crippen molar-refractivity contribution in [3.8, 4) is 5.75 Å². The number of rotatable bonds is 6. The van der Waals surface area contributed by atoms with E-state index in [1.807, 2.05) is 40.8 Å². The molecule has 0 saturated heterocycles. The highest BCUT2D eigenvalue weighted by Gasteiger charge is 2.14. The fourth-order valence-electron chi connectivity index (χ4n) is 2.39. The molecule has 0 aliphatic rings. The van der Waals surface area contributed by atoms with E-state index < -0.39 is 6.10 Å². The first-order chi connectivity index (χ1) is 12.2. The van der Waals surface area contributed by atoms with E-state index in [1.165, 1.54) is 16.5 Å². The number of fused-ring (bicyclic) bond motifs is 3. The van der Waals surface area contributed by atoms with E-state index >= 15 is 0 Å². The van der Waals surface area contributed by atoms with Gasteiger partial charge in [0.25, 0.3) is 0 Å². The van der Waals surface area contributed by atoms with Gasteiger partial charge in [0.15, 0.2) is 5.16 Å². The van der Waals surface area contributed by atoms with Gasteiger partial charge in [0.1, 0.15) is 12.4 Å². The topological polar surface area (TPSA) is 59.7 Å². The summed E-state index contributed by atoms with van der Waals surface area (Å²) in [7, 11) is 0. The number of benzene rings is 2. The van der Waals surface area contributed by atoms with Crippen LogP contribution in [0.1, 0.15) is 0 Å². The molecule has 0 radical (unpaired) electrons. The van der Waals surface area contributed by atoms with Crippen LogP contribution >= 0.6 is 39.0 Å². The van der Waals surface area contributed by atoms with Crippen LogP contribution in [0.2, 0.25) is 0 Å². The summed E-state index contributed by atoms with van der Waals surface area (Å²) < 4.78 is 9.81. The highest BCUT2D eigenvalue weighted by Crippen LogP contribution is 2.29. The highest BCUT2D eigenvalue weighted by atomic mass is 79.9. The third-order valence-electron chi connectivity index (χ3n) is 3.57. The Hall–Kier alpha value is -1.61. The van der Waals surface area contributed by atoms with Crippen molar-refractivity contribution in [2.24, 2.45) is 0 Å². The molecule has 0 bridgehead atoms. The van der Waals surface area contributed by atoms with Crippen LogP contribution in [0.4, 0.5) is 0 Å². The standard InChI is InChI=1S/C17H14BrN3O2S2/c18-11-5-7-13(8-6-11)23-9-12(22)10-24-16-19-20-17-21(16)14-3-1-2-4-15(14)25-17/h1-8,12,22H,9-10H2. The number of hydrogen-bond donors (Lipinski definition) is 1. The minimum absolute atomic E-state index is 0.237. The average Bonchev–Trinajstić information content (AvgIpc) is 3.18. The molecule has 0 spiro atoms. The summed E-state index contributed by atoms with van der Waals surface area (Å²) in [6.07, 6.45) is -0.592. The van der Waals surface area contributed by atoms with Gasteiger partial charge in [-0.1, -0.05) is 51.2 Å². The molecule has 128 valence electrons. The van der Waals surface area contributed by atoms with E-state index in [1.54, 1.807) is 11.3 Å². The molecule has 0 aliphatic heterocycles. The smallest absolute Gasteiger partial charge is 0.217 e. The molecule has 5 nitrogen and oxygen atoms in total. The predicted octanol–water partition coefficient (Wildman–Crippen LogP) is 4.24. The molecule has 0 aliphatic carbocycles. The number of ether oxygens (including phenoxy) is 1. The van der Waals surface area contributed by atoms with Crippen LogP contribution in [0, 0.1) is 0 Å². The number of nitrogens with zero attached hydrogens (tertiary/aromatic N) is 3. The maximum atomic E-state index is 10.2. The third-order valence-corrected chi connectivity index (χ3v) is 6.19. The zero-order valence-electron chi connectivity index (χ0n) is 13.0. The average molecular weight is 436 g/mol. The first-order valence-corrected chi connectivity index (χ1v) is 10.2. The molecule has 2 aromatic carbocycles. The van der Waals surface area contributed by atoms with Crippen LogP contribution in [-0.4, -0.2) is 38.2 Å². The molecule has 2 aromatic heterocycles. The summed E-state index contributed by atoms with van der Waals surface area (Å²) in [5, 5.41) is 19.4. The quantitative estimate of drug-likeness (QED) is 0.459. The Kier molecular flexibility index (Phi) is 4.93. The molecule has 2 heterocycles. The molecule has 1 unspecified atom stereocenters. The third kappa shape index (κ3) is 3.67. The second-order valence-corrected chi connectivity index (χ2v) is 8.31. The number of thioether (sulfide) groups is 1. The molecular formula is C17H14BrN3O2S2. The van der Waals surface area contributed by atoms with Crippen molar-refractivity contribution >= 4 is 54.2 Å². The van der Waals surface area contributed by atoms with E-state index in [0.717, 1.165) is 25.9 Å². The second kappa shape index (κ2) is 7.33. The molecule has 4 aromatic rings. The lowest BCUT2D eigenvalue weighted by atomic mass is 10.3. The molecule has 25 heavy (non-hydrogen) atoms. The van der Waals surface area contributed by atoms with Gasteiger partial charge in [0.2, 0.25) is 4.96 Å². The molecule has 0 amide bonds. The van der Waals surface area contributed by atoms with Gasteiger partial charge in [0.05, 0.1) is 16.3 Å². The van der Waals surface area contributed by atoms with E-state index in [2.05, 4.69) is 38.3 Å². The number of aliphatic hydroxyl groups excluding tert-OH is 1. The lowest BCUT2D eigenvalue weighted by Crippen LogP contribution is -2.20. The lowest BCUT2D eigenvalue weighted by molar-refractivity contribution is 0.126. The van der Waals surface area contributed by atoms with Crippen LogP contribution in [0.3, 0.4) is 0 Å². The zero-order valence-corrected chi connectivity index (χ0v) is 16.2. The Morgan fingerprint density at radius 2 is 1.96 bits per heavy atom. The number of hydrogen-bond acceptors (Lipinski definition) is 6. The summed E-state index contributed by atoms with van der Waals surface area (Å²) >= 11 is 6.47. The van der Waals surface area contributed by atoms with Crippen molar-refractivity contribution in [1.82, 2.24) is 14.6 Å². The van der Waals surface area contributed by atoms with Crippen molar-refractivity contribution in [3.05, 3.63) is 53.0 Å². The van der Waals surface area contributed by atoms with Gasteiger partial charge in [-0.05, 0) is 36.4 Å². The summed E-state index contributed by atoms with van der Waals surface area (Å²) in [5.41, 5.74) is 1.09. The summed E-state index contributed by atoms with van der Waals surface area (Å²) in [6.45, 7) is 0.237. The van der Waals surface area contributed by atoms with Gasteiger partial charge in [-0.2, -0.15) is 0 Å². The Balaban J connectivity index is 1.40. The van der Waals surface area contributed by atoms with Gasteiger partial charge >= 0.3 is 0 Å². The zero-order chi connectivity index (χ0) is 17.2. The molecule has 1 atom stereocenters. The van der Waals surface area contributed by atoms with Crippen LogP contribution in [0.5, 0.6) is 5.75 Å². The first-order valence-electron chi connectivity index (χ1n) is 7.62. The highest BCUT2D eigenvalue weighted by molar-refractivity contribution is 9.10. The number of para-hydroxylation sites is 1. The Bertz CT molecular complexity index is 1000. The van der Waals surface area contributed by atoms with Crippen molar-refractivity contribution in [3.63, 3.8) is 0 Å². The fraction of sp³-hybridized carbons (Fsp3) is 0.176. The lowest BCUT2D eigenvalue weighted by Gasteiger charge is -2.11. The molecule has 0 saturated carbocycles. The Morgan fingerprint density at radius 3 is 2.80 bits per heavy atom. The first kappa shape index (κ1) is 16.8. The van der Waals surface area contributed by atoms with E-state index in [4.69, 9.17) is 4.74 Å². The second-order valence-electron chi connectivity index (χ2n) is 5.40.